The number of amides is 1. The highest BCUT2D eigenvalue weighted by molar-refractivity contribution is 5.98. The summed E-state index contributed by atoms with van der Waals surface area (Å²) in [4.78, 5) is 33.7. The third-order valence-corrected chi connectivity index (χ3v) is 7.22. The molecule has 3 aromatic rings. The lowest BCUT2D eigenvalue weighted by atomic mass is 9.77. The van der Waals surface area contributed by atoms with E-state index in [4.69, 9.17) is 9.47 Å². The molecule has 2 aromatic carbocycles. The van der Waals surface area contributed by atoms with E-state index in [0.717, 1.165) is 34.4 Å². The van der Waals surface area contributed by atoms with Gasteiger partial charge in [-0.15, -0.1) is 0 Å². The predicted octanol–water partition coefficient (Wildman–Crippen LogP) is 3.57. The van der Waals surface area contributed by atoms with E-state index in [1.165, 1.54) is 7.11 Å². The highest BCUT2D eigenvalue weighted by Gasteiger charge is 2.53. The van der Waals surface area contributed by atoms with Crippen molar-refractivity contribution in [1.82, 2.24) is 10.3 Å². The van der Waals surface area contributed by atoms with Crippen molar-refractivity contribution in [2.24, 2.45) is 5.92 Å². The highest BCUT2D eigenvalue weighted by Crippen LogP contribution is 2.46. The number of aryl methyl sites for hydroxylation is 1. The summed E-state index contributed by atoms with van der Waals surface area (Å²) in [6, 6.07) is 18.4. The minimum absolute atomic E-state index is 0.0459. The van der Waals surface area contributed by atoms with Gasteiger partial charge in [-0.3, -0.25) is 19.8 Å². The van der Waals surface area contributed by atoms with Gasteiger partial charge in [0.05, 0.1) is 20.1 Å². The van der Waals surface area contributed by atoms with E-state index in [1.54, 1.807) is 18.2 Å². The Morgan fingerprint density at radius 1 is 1.03 bits per heavy atom. The first kappa shape index (κ1) is 23.1. The zero-order valence-corrected chi connectivity index (χ0v) is 20.1. The van der Waals surface area contributed by atoms with Crippen molar-refractivity contribution < 1.29 is 19.1 Å². The monoisotopic (exact) mass is 471 g/mol. The molecule has 2 aliphatic rings. The molecule has 0 radical (unpaired) electrons. The number of hydrogen-bond acceptors (Lipinski definition) is 6. The van der Waals surface area contributed by atoms with Gasteiger partial charge in [0.15, 0.2) is 0 Å². The number of nitrogens with zero attached hydrogens (tertiary/aromatic N) is 2. The Balaban J connectivity index is 1.64. The van der Waals surface area contributed by atoms with Gasteiger partial charge in [-0.25, -0.2) is 4.98 Å². The number of carbonyl (C=O) groups is 2. The third-order valence-electron chi connectivity index (χ3n) is 7.22. The number of methoxy groups -OCH3 is 2. The van der Waals surface area contributed by atoms with Gasteiger partial charge in [0, 0.05) is 24.7 Å². The molecule has 1 amide bonds. The summed E-state index contributed by atoms with van der Waals surface area (Å²) in [6.45, 7) is 2.58. The molecule has 2 aliphatic heterocycles. The molecule has 1 fully saturated rings. The zero-order valence-electron chi connectivity index (χ0n) is 20.1. The molecular formula is C28H29N3O4. The molecule has 5 rings (SSSR count). The summed E-state index contributed by atoms with van der Waals surface area (Å²) < 4.78 is 10.5. The lowest BCUT2D eigenvalue weighted by Crippen LogP contribution is -2.40. The maximum absolute atomic E-state index is 14.3. The van der Waals surface area contributed by atoms with Crippen LogP contribution >= 0.6 is 0 Å². The van der Waals surface area contributed by atoms with Crippen molar-refractivity contribution in [3.8, 4) is 5.75 Å². The van der Waals surface area contributed by atoms with Crippen LogP contribution in [0.15, 0.2) is 66.9 Å². The van der Waals surface area contributed by atoms with E-state index < -0.39 is 23.9 Å². The molecule has 1 N–H and O–H groups in total. The van der Waals surface area contributed by atoms with Gasteiger partial charge in [-0.05, 0) is 53.8 Å². The quantitative estimate of drug-likeness (QED) is 0.573. The molecule has 7 nitrogen and oxygen atoms in total. The van der Waals surface area contributed by atoms with Gasteiger partial charge in [-0.2, -0.15) is 0 Å². The second kappa shape index (κ2) is 9.50. The molecule has 1 saturated heterocycles. The average molecular weight is 472 g/mol. The van der Waals surface area contributed by atoms with Crippen LogP contribution < -0.4 is 15.0 Å². The van der Waals surface area contributed by atoms with Crippen molar-refractivity contribution in [3.05, 3.63) is 89.1 Å². The Morgan fingerprint density at radius 3 is 2.51 bits per heavy atom. The van der Waals surface area contributed by atoms with Crippen molar-refractivity contribution in [2.75, 3.05) is 25.7 Å². The lowest BCUT2D eigenvalue weighted by molar-refractivity contribution is -0.143. The minimum atomic E-state index is -0.673. The molecule has 0 unspecified atom stereocenters. The van der Waals surface area contributed by atoms with Crippen LogP contribution in [0.4, 0.5) is 5.82 Å². The van der Waals surface area contributed by atoms with E-state index in [2.05, 4.69) is 10.3 Å². The first-order valence-corrected chi connectivity index (χ1v) is 11.8. The van der Waals surface area contributed by atoms with Gasteiger partial charge >= 0.3 is 5.97 Å². The highest BCUT2D eigenvalue weighted by atomic mass is 16.5. The minimum Gasteiger partial charge on any atom is -0.497 e. The van der Waals surface area contributed by atoms with E-state index in [9.17, 15) is 9.59 Å². The molecule has 35 heavy (non-hydrogen) atoms. The Hall–Kier alpha value is -3.71. The van der Waals surface area contributed by atoms with Gasteiger partial charge in [0.25, 0.3) is 0 Å². The molecule has 0 bridgehead atoms. The standard InChI is InChI=1S/C28H29N3O4/c1-17-7-4-5-9-21(17)22-23(27(32)31-16-14-19-8-6-15-29-26(19)31)24(30-25(22)28(33)35-3)18-10-12-20(34-2)13-11-18/h4-13,15,22-25,30H,14,16H2,1-3H3/t22-,23-,24-,25-/m0/s1. The number of aromatic nitrogens is 1. The average Bonchev–Trinajstić information content (AvgIpc) is 3.51. The van der Waals surface area contributed by atoms with Crippen molar-refractivity contribution >= 4 is 17.7 Å². The molecule has 3 heterocycles. The van der Waals surface area contributed by atoms with Gasteiger partial charge in [-0.1, -0.05) is 42.5 Å². The number of carbonyl (C=O) groups excluding carboxylic acids is 2. The SMILES string of the molecule is COC(=O)[C@H]1N[C@@H](c2ccc(OC)cc2)[C@@H](C(=O)N2CCc3cccnc32)[C@@H]1c1ccccc1C. The van der Waals surface area contributed by atoms with E-state index in [0.29, 0.717) is 12.4 Å². The van der Waals surface area contributed by atoms with E-state index in [-0.39, 0.29) is 11.9 Å². The first-order valence-electron chi connectivity index (χ1n) is 11.8. The number of esters is 1. The lowest BCUT2D eigenvalue weighted by Gasteiger charge is -2.29. The molecule has 180 valence electrons. The van der Waals surface area contributed by atoms with Crippen molar-refractivity contribution in [1.29, 1.82) is 0 Å². The largest absolute Gasteiger partial charge is 0.497 e. The maximum atomic E-state index is 14.3. The van der Waals surface area contributed by atoms with Crippen LogP contribution in [0.5, 0.6) is 5.75 Å². The Bertz CT molecular complexity index is 1240. The maximum Gasteiger partial charge on any atom is 0.323 e. The van der Waals surface area contributed by atoms with Crippen LogP contribution in [0.2, 0.25) is 0 Å². The third kappa shape index (κ3) is 4.06. The molecule has 0 saturated carbocycles. The first-order chi connectivity index (χ1) is 17.0. The Labute approximate surface area is 205 Å². The fourth-order valence-electron chi connectivity index (χ4n) is 5.50. The number of rotatable bonds is 5. The summed E-state index contributed by atoms with van der Waals surface area (Å²) in [7, 11) is 3.01. The molecule has 0 spiro atoms. The predicted molar refractivity (Wildman–Crippen MR) is 132 cm³/mol. The second-order valence-corrected chi connectivity index (χ2v) is 9.05. The molecule has 7 heteroatoms. The van der Waals surface area contributed by atoms with Crippen molar-refractivity contribution in [3.63, 3.8) is 0 Å². The number of nitrogens with one attached hydrogen (secondary N) is 1. The fourth-order valence-corrected chi connectivity index (χ4v) is 5.50. The summed E-state index contributed by atoms with van der Waals surface area (Å²) in [5.74, 6) is 0.0586. The smallest absolute Gasteiger partial charge is 0.323 e. The summed E-state index contributed by atoms with van der Waals surface area (Å²) in [6.07, 6.45) is 2.48. The van der Waals surface area contributed by atoms with Crippen LogP contribution in [-0.4, -0.2) is 43.7 Å². The molecule has 0 aliphatic carbocycles. The molecular weight excluding hydrogens is 442 g/mol. The topological polar surface area (TPSA) is 80.8 Å². The number of pyridine rings is 1. The normalized spacial score (nSPS) is 23.1. The molecule has 4 atom stereocenters. The van der Waals surface area contributed by atoms with Crippen molar-refractivity contribution in [2.45, 2.75) is 31.3 Å². The Kier molecular flexibility index (Phi) is 6.26. The van der Waals surface area contributed by atoms with Gasteiger partial charge < -0.3 is 9.47 Å². The number of anilines is 1. The van der Waals surface area contributed by atoms with Crippen LogP contribution in [-0.2, 0) is 20.7 Å². The second-order valence-electron chi connectivity index (χ2n) is 9.05. The Morgan fingerprint density at radius 2 is 1.80 bits per heavy atom. The summed E-state index contributed by atoms with van der Waals surface area (Å²) in [5.41, 5.74) is 3.96. The van der Waals surface area contributed by atoms with Gasteiger partial charge in [0.1, 0.15) is 17.6 Å². The number of fused-ring (bicyclic) bond motifs is 1. The number of hydrogen-bond donors (Lipinski definition) is 1. The van der Waals surface area contributed by atoms with Crippen LogP contribution in [0.1, 0.15) is 34.2 Å². The van der Waals surface area contributed by atoms with Crippen LogP contribution in [0.3, 0.4) is 0 Å². The van der Waals surface area contributed by atoms with E-state index >= 15 is 0 Å². The molecule has 1 aromatic heterocycles. The number of benzene rings is 2. The summed E-state index contributed by atoms with van der Waals surface area (Å²) >= 11 is 0. The number of ether oxygens (including phenoxy) is 2. The van der Waals surface area contributed by atoms with Crippen LogP contribution in [0.25, 0.3) is 0 Å². The summed E-state index contributed by atoms with van der Waals surface area (Å²) in [5, 5.41) is 3.47. The zero-order chi connectivity index (χ0) is 24.5. The van der Waals surface area contributed by atoms with Gasteiger partial charge in [0.2, 0.25) is 5.91 Å². The van der Waals surface area contributed by atoms with E-state index in [1.807, 2.05) is 67.6 Å². The van der Waals surface area contributed by atoms with Crippen LogP contribution in [0, 0.1) is 12.8 Å². The fraction of sp³-hybridized carbons (Fsp3) is 0.321.